The molecule has 1 unspecified atom stereocenters. The van der Waals surface area contributed by atoms with Crippen molar-refractivity contribution in [3.63, 3.8) is 0 Å². The van der Waals surface area contributed by atoms with Gasteiger partial charge < -0.3 is 14.2 Å². The van der Waals surface area contributed by atoms with Gasteiger partial charge in [0.1, 0.15) is 13.2 Å². The molecule has 0 aliphatic heterocycles. The maximum atomic E-state index is 12.8. The second kappa shape index (κ2) is 49.8. The van der Waals surface area contributed by atoms with Crippen LogP contribution in [0.25, 0.3) is 0 Å². The summed E-state index contributed by atoms with van der Waals surface area (Å²) in [6.45, 7) is 11.4. The van der Waals surface area contributed by atoms with Crippen LogP contribution >= 0.6 is 0 Å². The van der Waals surface area contributed by atoms with Gasteiger partial charge in [-0.05, 0) is 31.1 Å². The van der Waals surface area contributed by atoms with Gasteiger partial charge in [-0.15, -0.1) is 0 Å². The van der Waals surface area contributed by atoms with Gasteiger partial charge in [-0.2, -0.15) is 0 Å². The molecular formula is C57H110O6. The van der Waals surface area contributed by atoms with Gasteiger partial charge in [-0.25, -0.2) is 0 Å². The number of hydrogen-bond donors (Lipinski definition) is 0. The van der Waals surface area contributed by atoms with Gasteiger partial charge in [0.25, 0.3) is 0 Å². The highest BCUT2D eigenvalue weighted by Crippen LogP contribution is 2.18. The van der Waals surface area contributed by atoms with Crippen LogP contribution in [0.2, 0.25) is 0 Å². The molecule has 0 N–H and O–H groups in total. The van der Waals surface area contributed by atoms with Crippen LogP contribution in [0.5, 0.6) is 0 Å². The predicted molar refractivity (Wildman–Crippen MR) is 270 cm³/mol. The minimum Gasteiger partial charge on any atom is -0.462 e. The van der Waals surface area contributed by atoms with Gasteiger partial charge in [0.2, 0.25) is 0 Å². The molecule has 0 aromatic rings. The number of ether oxygens (including phenoxy) is 3. The molecule has 0 aliphatic rings. The minimum absolute atomic E-state index is 0.0635. The summed E-state index contributed by atoms with van der Waals surface area (Å²) in [5.74, 6) is 0.845. The Morgan fingerprint density at radius 1 is 0.333 bits per heavy atom. The highest BCUT2D eigenvalue weighted by molar-refractivity contribution is 5.71. The molecule has 0 aliphatic carbocycles. The third-order valence-electron chi connectivity index (χ3n) is 13.3. The van der Waals surface area contributed by atoms with E-state index >= 15 is 0 Å². The molecule has 0 saturated heterocycles. The third-order valence-corrected chi connectivity index (χ3v) is 13.3. The van der Waals surface area contributed by atoms with Crippen LogP contribution in [0.3, 0.4) is 0 Å². The lowest BCUT2D eigenvalue weighted by molar-refractivity contribution is -0.167. The molecular weight excluding hydrogens is 781 g/mol. The standard InChI is InChI=1S/C57H110O6/c1-6-8-9-10-11-12-13-14-15-16-20-23-26-32-37-42-47-55(58)61-50-54(63-57(60)49-44-39-34-29-28-30-35-40-45-52(3)4)51-62-56(59)48-43-38-33-27-24-21-18-17-19-22-25-31-36-41-46-53(5)7-2/h52-54H,6-51H2,1-5H3/t53?,54-/m1/s1. The Morgan fingerprint density at radius 2 is 0.603 bits per heavy atom. The van der Waals surface area contributed by atoms with Gasteiger partial charge in [-0.1, -0.05) is 279 Å². The summed E-state index contributed by atoms with van der Waals surface area (Å²) >= 11 is 0. The van der Waals surface area contributed by atoms with Crippen LogP contribution in [-0.2, 0) is 28.6 Å². The number of esters is 3. The molecule has 0 aromatic carbocycles. The average Bonchev–Trinajstić information content (AvgIpc) is 3.27. The van der Waals surface area contributed by atoms with E-state index in [-0.39, 0.29) is 31.1 Å². The van der Waals surface area contributed by atoms with Crippen LogP contribution in [0.4, 0.5) is 0 Å². The highest BCUT2D eigenvalue weighted by Gasteiger charge is 2.19. The first kappa shape index (κ1) is 61.4. The Morgan fingerprint density at radius 3 is 0.905 bits per heavy atom. The van der Waals surface area contributed by atoms with Crippen molar-refractivity contribution >= 4 is 17.9 Å². The molecule has 63 heavy (non-hydrogen) atoms. The van der Waals surface area contributed by atoms with Crippen LogP contribution in [-0.4, -0.2) is 37.2 Å². The summed E-state index contributed by atoms with van der Waals surface area (Å²) < 4.78 is 16.9. The monoisotopic (exact) mass is 891 g/mol. The first-order valence-electron chi connectivity index (χ1n) is 28.3. The molecule has 0 aromatic heterocycles. The lowest BCUT2D eigenvalue weighted by Crippen LogP contribution is -2.30. The van der Waals surface area contributed by atoms with Crippen LogP contribution in [0, 0.1) is 11.8 Å². The third kappa shape index (κ3) is 49.7. The van der Waals surface area contributed by atoms with Crippen molar-refractivity contribution in [2.24, 2.45) is 11.8 Å². The molecule has 0 spiro atoms. The molecule has 0 radical (unpaired) electrons. The Bertz CT molecular complexity index is 964. The van der Waals surface area contributed by atoms with E-state index in [4.69, 9.17) is 14.2 Å². The largest absolute Gasteiger partial charge is 0.462 e. The number of unbranched alkanes of at least 4 members (excludes halogenated alkanes) is 35. The summed E-state index contributed by atoms with van der Waals surface area (Å²) in [5.41, 5.74) is 0. The van der Waals surface area contributed by atoms with Gasteiger partial charge in [0.15, 0.2) is 6.10 Å². The van der Waals surface area contributed by atoms with Crippen LogP contribution in [0.15, 0.2) is 0 Å². The molecule has 6 nitrogen and oxygen atoms in total. The van der Waals surface area contributed by atoms with Crippen LogP contribution < -0.4 is 0 Å². The molecule has 0 amide bonds. The Kier molecular flexibility index (Phi) is 48.6. The van der Waals surface area contributed by atoms with Crippen molar-refractivity contribution in [2.75, 3.05) is 13.2 Å². The SMILES string of the molecule is CCCCCCCCCCCCCCCCCCC(=O)OC[C@H](COC(=O)CCCCCCCCCCCCCCCCC(C)CC)OC(=O)CCCCCCCCCCC(C)C. The molecule has 0 saturated carbocycles. The van der Waals surface area contributed by atoms with Gasteiger partial charge in [0.05, 0.1) is 0 Å². The highest BCUT2D eigenvalue weighted by atomic mass is 16.6. The molecule has 0 bridgehead atoms. The summed E-state index contributed by atoms with van der Waals surface area (Å²) in [7, 11) is 0. The molecule has 2 atom stereocenters. The number of rotatable bonds is 51. The van der Waals surface area contributed by atoms with E-state index in [0.29, 0.717) is 19.3 Å². The fourth-order valence-electron chi connectivity index (χ4n) is 8.66. The molecule has 0 fully saturated rings. The van der Waals surface area contributed by atoms with E-state index < -0.39 is 6.10 Å². The summed E-state index contributed by atoms with van der Waals surface area (Å²) in [6, 6.07) is 0. The second-order valence-electron chi connectivity index (χ2n) is 20.3. The Labute approximate surface area is 393 Å². The normalized spacial score (nSPS) is 12.5. The summed E-state index contributed by atoms with van der Waals surface area (Å²) in [5, 5.41) is 0. The van der Waals surface area contributed by atoms with E-state index in [0.717, 1.165) is 69.6 Å². The summed E-state index contributed by atoms with van der Waals surface area (Å²) in [4.78, 5) is 38.1. The Balaban J connectivity index is 4.25. The zero-order valence-electron chi connectivity index (χ0n) is 43.2. The quantitative estimate of drug-likeness (QED) is 0.0344. The first-order chi connectivity index (χ1) is 30.8. The average molecular weight is 892 g/mol. The molecule has 6 heteroatoms. The van der Waals surface area contributed by atoms with Gasteiger partial charge in [0, 0.05) is 19.3 Å². The van der Waals surface area contributed by atoms with E-state index in [9.17, 15) is 14.4 Å². The van der Waals surface area contributed by atoms with Crippen LogP contribution in [0.1, 0.15) is 317 Å². The number of carbonyl (C=O) groups is 3. The van der Waals surface area contributed by atoms with Crippen molar-refractivity contribution in [3.8, 4) is 0 Å². The van der Waals surface area contributed by atoms with Crippen molar-refractivity contribution in [2.45, 2.75) is 323 Å². The van der Waals surface area contributed by atoms with Crippen molar-refractivity contribution in [3.05, 3.63) is 0 Å². The minimum atomic E-state index is -0.762. The van der Waals surface area contributed by atoms with Crippen molar-refractivity contribution in [1.82, 2.24) is 0 Å². The lowest BCUT2D eigenvalue weighted by atomic mass is 9.99. The van der Waals surface area contributed by atoms with Gasteiger partial charge >= 0.3 is 17.9 Å². The number of hydrogen-bond acceptors (Lipinski definition) is 6. The smallest absolute Gasteiger partial charge is 0.306 e. The van der Waals surface area contributed by atoms with E-state index in [1.807, 2.05) is 0 Å². The van der Waals surface area contributed by atoms with Crippen molar-refractivity contribution in [1.29, 1.82) is 0 Å². The summed E-state index contributed by atoms with van der Waals surface area (Å²) in [6.07, 6.45) is 52.3. The first-order valence-corrected chi connectivity index (χ1v) is 28.3. The molecule has 0 rings (SSSR count). The fraction of sp³-hybridized carbons (Fsp3) is 0.947. The molecule has 0 heterocycles. The zero-order valence-corrected chi connectivity index (χ0v) is 43.2. The maximum absolute atomic E-state index is 12.8. The lowest BCUT2D eigenvalue weighted by Gasteiger charge is -2.18. The second-order valence-corrected chi connectivity index (χ2v) is 20.3. The maximum Gasteiger partial charge on any atom is 0.306 e. The molecule has 374 valence electrons. The van der Waals surface area contributed by atoms with E-state index in [1.165, 1.54) is 205 Å². The van der Waals surface area contributed by atoms with Gasteiger partial charge in [-0.3, -0.25) is 14.4 Å². The topological polar surface area (TPSA) is 78.9 Å². The predicted octanol–water partition coefficient (Wildman–Crippen LogP) is 18.5. The van der Waals surface area contributed by atoms with Crippen molar-refractivity contribution < 1.29 is 28.6 Å². The van der Waals surface area contributed by atoms with E-state index in [1.54, 1.807) is 0 Å². The van der Waals surface area contributed by atoms with E-state index in [2.05, 4.69) is 34.6 Å². The fourth-order valence-corrected chi connectivity index (χ4v) is 8.66. The Hall–Kier alpha value is -1.59. The number of carbonyl (C=O) groups excluding carboxylic acids is 3. The zero-order chi connectivity index (χ0) is 46.1.